The summed E-state index contributed by atoms with van der Waals surface area (Å²) in [5, 5.41) is 22.2. The summed E-state index contributed by atoms with van der Waals surface area (Å²) in [7, 11) is -3.60. The molecule has 1 amide bonds. The number of carbonyl (C=O) groups is 1. The summed E-state index contributed by atoms with van der Waals surface area (Å²) in [5.74, 6) is 2.43. The first-order chi connectivity index (χ1) is 16.5. The number of sulfonamides is 1. The minimum atomic E-state index is -3.60. The van der Waals surface area contributed by atoms with Gasteiger partial charge in [-0.25, -0.2) is 17.9 Å². The molecule has 4 rings (SSSR count). The van der Waals surface area contributed by atoms with Gasteiger partial charge in [0.05, 0.1) is 24.6 Å². The molecule has 3 N–H and O–H groups in total. The summed E-state index contributed by atoms with van der Waals surface area (Å²) in [6, 6.07) is 0. The number of fused-ring (bicyclic) bond motifs is 5. The Morgan fingerprint density at radius 1 is 1.00 bits per heavy atom. The lowest BCUT2D eigenvalue weighted by molar-refractivity contribution is -0.202. The fourth-order valence-electron chi connectivity index (χ4n) is 9.26. The molecule has 4 saturated carbocycles. The van der Waals surface area contributed by atoms with Gasteiger partial charge in [0, 0.05) is 0 Å². The molecule has 0 unspecified atom stereocenters. The van der Waals surface area contributed by atoms with Gasteiger partial charge in [-0.15, -0.1) is 0 Å². The smallest absolute Gasteiger partial charge is 0.420 e. The molecule has 0 bridgehead atoms. The average molecular weight is 514 g/mol. The highest BCUT2D eigenvalue weighted by Crippen LogP contribution is 2.69. The van der Waals surface area contributed by atoms with Crippen LogP contribution in [0.4, 0.5) is 4.79 Å². The maximum Gasteiger partial charge on any atom is 0.420 e. The van der Waals surface area contributed by atoms with Crippen LogP contribution in [0.15, 0.2) is 0 Å². The molecule has 4 aliphatic rings. The van der Waals surface area contributed by atoms with Crippen molar-refractivity contribution < 1.29 is 28.2 Å². The van der Waals surface area contributed by atoms with Gasteiger partial charge in [0.25, 0.3) is 0 Å². The third-order valence-corrected chi connectivity index (χ3v) is 12.4. The van der Waals surface area contributed by atoms with Crippen LogP contribution in [0, 0.1) is 46.3 Å². The Kier molecular flexibility index (Phi) is 7.87. The van der Waals surface area contributed by atoms with E-state index >= 15 is 0 Å². The fraction of sp³-hybridized carbons (Fsp3) is 0.963. The first kappa shape index (κ1) is 27.2. The number of carbonyl (C=O) groups excluding carboxylic acids is 1. The first-order valence-electron chi connectivity index (χ1n) is 14.0. The normalized spacial score (nSPS) is 45.2. The molecule has 4 aliphatic carbocycles. The third-order valence-electron chi connectivity index (χ3n) is 11.1. The first-order valence-corrected chi connectivity index (χ1v) is 15.7. The van der Waals surface area contributed by atoms with Crippen molar-refractivity contribution in [3.63, 3.8) is 0 Å². The molecule has 0 aromatic rings. The Hall–Kier alpha value is -0.860. The lowest BCUT2D eigenvalue weighted by atomic mass is 9.41. The van der Waals surface area contributed by atoms with Crippen LogP contribution >= 0.6 is 0 Å². The van der Waals surface area contributed by atoms with E-state index in [1.807, 2.05) is 4.72 Å². The second-order valence-electron chi connectivity index (χ2n) is 12.5. The van der Waals surface area contributed by atoms with Crippen molar-refractivity contribution in [3.8, 4) is 0 Å². The van der Waals surface area contributed by atoms with E-state index in [1.165, 1.54) is 13.3 Å². The molecular formula is C27H47NO6S. The molecule has 0 aromatic heterocycles. The van der Waals surface area contributed by atoms with E-state index in [-0.39, 0.29) is 41.3 Å². The molecule has 0 spiro atoms. The largest absolute Gasteiger partial charge is 0.449 e. The SMILES string of the molecule is CC[C@H]1[C@@H](O)[C@@H]2[C@H](CC[C@]3(C)[C@@H](CCCOC(=O)NS(=O)(=O)CC)CC[C@@H]23)[C@@]2(C)CC[C@@H](O)C[C@@H]12. The highest BCUT2D eigenvalue weighted by Gasteiger charge is 2.64. The Balaban J connectivity index is 1.41. The second kappa shape index (κ2) is 10.1. The number of aliphatic hydroxyl groups excluding tert-OH is 2. The minimum absolute atomic E-state index is 0.156. The van der Waals surface area contributed by atoms with Crippen LogP contribution in [0.1, 0.15) is 91.9 Å². The summed E-state index contributed by atoms with van der Waals surface area (Å²) in [6.07, 6.45) is 8.67. The summed E-state index contributed by atoms with van der Waals surface area (Å²) in [4.78, 5) is 11.8. The molecule has 0 saturated heterocycles. The second-order valence-corrected chi connectivity index (χ2v) is 14.5. The molecule has 0 aliphatic heterocycles. The van der Waals surface area contributed by atoms with Crippen LogP contribution in [0.5, 0.6) is 0 Å². The molecular weight excluding hydrogens is 466 g/mol. The standard InChI is InChI=1S/C27H47NO6S/c1-5-19-22-16-18(29)11-13-27(22,4)21-12-14-26(3)17(9-10-20(26)23(21)24(19)30)8-7-15-34-25(31)28-35(32,33)6-2/h17-24,29-30H,5-16H2,1-4H3,(H,28,31)/t17-,18+,19+,20-,21-,22-,23-,24+,26+,27+/m0/s1. The van der Waals surface area contributed by atoms with Crippen molar-refractivity contribution in [2.45, 2.75) is 104 Å². The van der Waals surface area contributed by atoms with E-state index in [1.54, 1.807) is 0 Å². The highest BCUT2D eigenvalue weighted by atomic mass is 32.2. The molecule has 10 atom stereocenters. The summed E-state index contributed by atoms with van der Waals surface area (Å²) >= 11 is 0. The monoisotopic (exact) mass is 513 g/mol. The summed E-state index contributed by atoms with van der Waals surface area (Å²) in [5.41, 5.74) is 0.398. The third kappa shape index (κ3) is 4.88. The summed E-state index contributed by atoms with van der Waals surface area (Å²) < 4.78 is 30.1. The lowest BCUT2D eigenvalue weighted by Gasteiger charge is -2.64. The van der Waals surface area contributed by atoms with Crippen LogP contribution < -0.4 is 4.72 Å². The van der Waals surface area contributed by atoms with E-state index in [9.17, 15) is 23.4 Å². The number of ether oxygens (including phenoxy) is 1. The number of aliphatic hydroxyl groups is 2. The van der Waals surface area contributed by atoms with Gasteiger partial charge in [0.2, 0.25) is 10.0 Å². The van der Waals surface area contributed by atoms with Gasteiger partial charge >= 0.3 is 6.09 Å². The van der Waals surface area contributed by atoms with Crippen LogP contribution in [0.25, 0.3) is 0 Å². The van der Waals surface area contributed by atoms with Crippen LogP contribution in [-0.2, 0) is 14.8 Å². The molecule has 8 heteroatoms. The van der Waals surface area contributed by atoms with Gasteiger partial charge in [-0.2, -0.15) is 0 Å². The Morgan fingerprint density at radius 2 is 1.69 bits per heavy atom. The molecule has 202 valence electrons. The van der Waals surface area contributed by atoms with Crippen molar-refractivity contribution >= 4 is 16.1 Å². The van der Waals surface area contributed by atoms with Crippen LogP contribution in [-0.4, -0.2) is 49.3 Å². The Bertz CT molecular complexity index is 879. The zero-order valence-electron chi connectivity index (χ0n) is 22.0. The predicted octanol–water partition coefficient (Wildman–Crippen LogP) is 4.47. The Morgan fingerprint density at radius 3 is 2.37 bits per heavy atom. The number of hydrogen-bond donors (Lipinski definition) is 3. The van der Waals surface area contributed by atoms with Gasteiger partial charge in [-0.05, 0) is 111 Å². The zero-order chi connectivity index (χ0) is 25.6. The molecule has 0 aromatic carbocycles. The van der Waals surface area contributed by atoms with Crippen LogP contribution in [0.3, 0.4) is 0 Å². The number of nitrogens with one attached hydrogen (secondary N) is 1. The van der Waals surface area contributed by atoms with E-state index in [2.05, 4.69) is 20.8 Å². The summed E-state index contributed by atoms with van der Waals surface area (Å²) in [6.45, 7) is 8.80. The average Bonchev–Trinajstić information content (AvgIpc) is 3.14. The van der Waals surface area contributed by atoms with Gasteiger partial charge in [0.1, 0.15) is 0 Å². The van der Waals surface area contributed by atoms with Gasteiger partial charge < -0.3 is 14.9 Å². The number of rotatable bonds is 7. The molecule has 0 heterocycles. The molecule has 7 nitrogen and oxygen atoms in total. The zero-order valence-corrected chi connectivity index (χ0v) is 22.9. The van der Waals surface area contributed by atoms with E-state index < -0.39 is 16.1 Å². The van der Waals surface area contributed by atoms with Crippen molar-refractivity contribution in [3.05, 3.63) is 0 Å². The van der Waals surface area contributed by atoms with Gasteiger partial charge in [-0.3, -0.25) is 0 Å². The highest BCUT2D eigenvalue weighted by molar-refractivity contribution is 7.89. The topological polar surface area (TPSA) is 113 Å². The van der Waals surface area contributed by atoms with Crippen molar-refractivity contribution in [2.24, 2.45) is 46.3 Å². The van der Waals surface area contributed by atoms with E-state index in [0.717, 1.165) is 57.8 Å². The molecule has 35 heavy (non-hydrogen) atoms. The van der Waals surface area contributed by atoms with Crippen molar-refractivity contribution in [1.29, 1.82) is 0 Å². The van der Waals surface area contributed by atoms with E-state index in [4.69, 9.17) is 4.74 Å². The maximum absolute atomic E-state index is 11.8. The van der Waals surface area contributed by atoms with Gasteiger partial charge in [0.15, 0.2) is 0 Å². The maximum atomic E-state index is 11.8. The lowest BCUT2D eigenvalue weighted by Crippen LogP contribution is -2.62. The number of hydrogen-bond acceptors (Lipinski definition) is 6. The van der Waals surface area contributed by atoms with Crippen molar-refractivity contribution in [1.82, 2.24) is 4.72 Å². The predicted molar refractivity (Wildman–Crippen MR) is 135 cm³/mol. The van der Waals surface area contributed by atoms with Crippen LogP contribution in [0.2, 0.25) is 0 Å². The Labute approximate surface area is 211 Å². The number of amides is 1. The van der Waals surface area contributed by atoms with Crippen molar-refractivity contribution in [2.75, 3.05) is 12.4 Å². The quantitative estimate of drug-likeness (QED) is 0.433. The fourth-order valence-corrected chi connectivity index (χ4v) is 9.72. The minimum Gasteiger partial charge on any atom is -0.449 e. The van der Waals surface area contributed by atoms with E-state index in [0.29, 0.717) is 29.6 Å². The van der Waals surface area contributed by atoms with Gasteiger partial charge in [-0.1, -0.05) is 27.2 Å². The molecule has 4 fully saturated rings. The molecule has 0 radical (unpaired) electrons.